The van der Waals surface area contributed by atoms with Crippen LogP contribution in [0.4, 0.5) is 0 Å². The third kappa shape index (κ3) is 5.16. The van der Waals surface area contributed by atoms with Crippen LogP contribution in [0.25, 0.3) is 0 Å². The number of carboxylic acid groups (broad SMARTS) is 1. The van der Waals surface area contributed by atoms with E-state index in [-0.39, 0.29) is 0 Å². The van der Waals surface area contributed by atoms with Crippen molar-refractivity contribution in [2.75, 3.05) is 12.8 Å². The van der Waals surface area contributed by atoms with Gasteiger partial charge in [0.2, 0.25) is 0 Å². The first-order chi connectivity index (χ1) is 8.98. The molecule has 1 aromatic heterocycles. The van der Waals surface area contributed by atoms with Gasteiger partial charge < -0.3 is 10.4 Å². The van der Waals surface area contributed by atoms with E-state index in [1.54, 1.807) is 38.1 Å². The van der Waals surface area contributed by atoms with E-state index in [4.69, 9.17) is 5.11 Å². The molecule has 0 radical (unpaired) electrons. The number of nitrogens with zero attached hydrogens (tertiary/aromatic N) is 2. The average Bonchev–Trinajstić information content (AvgIpc) is 2.40. The fourth-order valence-corrected chi connectivity index (χ4v) is 2.32. The van der Waals surface area contributed by atoms with E-state index in [0.717, 1.165) is 29.3 Å². The zero-order chi connectivity index (χ0) is 14.3. The summed E-state index contributed by atoms with van der Waals surface area (Å²) in [7, 11) is 1.68. The van der Waals surface area contributed by atoms with Crippen molar-refractivity contribution < 1.29 is 9.90 Å². The first-order valence-electron chi connectivity index (χ1n) is 6.32. The lowest BCUT2D eigenvalue weighted by molar-refractivity contribution is -0.144. The summed E-state index contributed by atoms with van der Waals surface area (Å²) in [4.78, 5) is 19.5. The third-order valence-corrected chi connectivity index (χ3v) is 4.05. The summed E-state index contributed by atoms with van der Waals surface area (Å²) in [6.07, 6.45) is 6.04. The van der Waals surface area contributed by atoms with Gasteiger partial charge in [0.05, 0.1) is 0 Å². The van der Waals surface area contributed by atoms with E-state index in [0.29, 0.717) is 6.42 Å². The van der Waals surface area contributed by atoms with E-state index in [1.807, 2.05) is 6.92 Å². The number of aliphatic carboxylic acids is 1. The Morgan fingerprint density at radius 2 is 2.05 bits per heavy atom. The van der Waals surface area contributed by atoms with Crippen LogP contribution in [0.15, 0.2) is 17.6 Å². The largest absolute Gasteiger partial charge is 0.480 e. The van der Waals surface area contributed by atoms with Crippen LogP contribution in [-0.4, -0.2) is 39.4 Å². The number of aryl methyl sites for hydroxylation is 1. The van der Waals surface area contributed by atoms with Crippen LogP contribution in [0.2, 0.25) is 0 Å². The van der Waals surface area contributed by atoms with Gasteiger partial charge in [-0.2, -0.15) is 0 Å². The molecule has 0 aliphatic heterocycles. The van der Waals surface area contributed by atoms with Gasteiger partial charge in [0.25, 0.3) is 0 Å². The highest BCUT2D eigenvalue weighted by Crippen LogP contribution is 2.18. The Labute approximate surface area is 118 Å². The van der Waals surface area contributed by atoms with Crippen LogP contribution in [-0.2, 0) is 4.79 Å². The predicted molar refractivity (Wildman–Crippen MR) is 76.4 cm³/mol. The van der Waals surface area contributed by atoms with Crippen molar-refractivity contribution in [3.8, 4) is 0 Å². The normalized spacial score (nSPS) is 14.1. The van der Waals surface area contributed by atoms with E-state index in [1.165, 1.54) is 0 Å². The Morgan fingerprint density at radius 3 is 2.58 bits per heavy atom. The zero-order valence-corrected chi connectivity index (χ0v) is 12.5. The van der Waals surface area contributed by atoms with Gasteiger partial charge in [0.15, 0.2) is 5.16 Å². The molecular weight excluding hydrogens is 262 g/mol. The minimum absolute atomic E-state index is 0.619. The zero-order valence-electron chi connectivity index (χ0n) is 11.6. The highest BCUT2D eigenvalue weighted by molar-refractivity contribution is 7.99. The number of aromatic nitrogens is 2. The number of carboxylic acids is 1. The molecule has 1 rings (SSSR count). The summed E-state index contributed by atoms with van der Waals surface area (Å²) < 4.78 is 0. The molecule has 0 spiro atoms. The summed E-state index contributed by atoms with van der Waals surface area (Å²) >= 11 is 1.61. The van der Waals surface area contributed by atoms with Crippen LogP contribution >= 0.6 is 11.8 Å². The van der Waals surface area contributed by atoms with Crippen molar-refractivity contribution in [1.82, 2.24) is 15.3 Å². The molecule has 0 fully saturated rings. The van der Waals surface area contributed by atoms with Gasteiger partial charge in [-0.05, 0) is 39.3 Å². The Balaban J connectivity index is 2.24. The Morgan fingerprint density at radius 1 is 1.42 bits per heavy atom. The number of rotatable bonds is 8. The topological polar surface area (TPSA) is 75.1 Å². The molecule has 6 heteroatoms. The molecule has 5 nitrogen and oxygen atoms in total. The van der Waals surface area contributed by atoms with E-state index >= 15 is 0 Å². The lowest BCUT2D eigenvalue weighted by atomic mass is 9.95. The van der Waals surface area contributed by atoms with Crippen molar-refractivity contribution in [3.05, 3.63) is 18.0 Å². The van der Waals surface area contributed by atoms with Gasteiger partial charge in [-0.1, -0.05) is 18.2 Å². The van der Waals surface area contributed by atoms with Gasteiger partial charge in [0.1, 0.15) is 5.54 Å². The molecule has 2 N–H and O–H groups in total. The number of carbonyl (C=O) groups is 1. The van der Waals surface area contributed by atoms with Crippen LogP contribution < -0.4 is 5.32 Å². The summed E-state index contributed by atoms with van der Waals surface area (Å²) in [5.41, 5.74) is 0.223. The minimum Gasteiger partial charge on any atom is -0.480 e. The molecular formula is C13H21N3O2S. The predicted octanol–water partition coefficient (Wildman–Crippen LogP) is 2.11. The van der Waals surface area contributed by atoms with Crippen molar-refractivity contribution in [2.45, 2.75) is 43.8 Å². The fourth-order valence-electron chi connectivity index (χ4n) is 1.54. The molecule has 0 saturated carbocycles. The molecule has 0 aromatic carbocycles. The van der Waals surface area contributed by atoms with Crippen molar-refractivity contribution >= 4 is 17.7 Å². The molecule has 1 unspecified atom stereocenters. The maximum atomic E-state index is 11.1. The lowest BCUT2D eigenvalue weighted by Crippen LogP contribution is -2.47. The second kappa shape index (κ2) is 7.45. The molecule has 0 aliphatic rings. The quantitative estimate of drug-likeness (QED) is 0.432. The second-order valence-corrected chi connectivity index (χ2v) is 5.80. The number of hydrogen-bond donors (Lipinski definition) is 2. The number of nitrogens with one attached hydrogen (secondary N) is 1. The van der Waals surface area contributed by atoms with Crippen molar-refractivity contribution in [3.63, 3.8) is 0 Å². The SMILES string of the molecule is CNC(C)(CCCCSc1ncc(C)cn1)C(=O)O. The molecule has 1 atom stereocenters. The maximum Gasteiger partial charge on any atom is 0.323 e. The second-order valence-electron chi connectivity index (χ2n) is 4.74. The Hall–Kier alpha value is -1.14. The molecule has 1 heterocycles. The molecule has 0 amide bonds. The van der Waals surface area contributed by atoms with Gasteiger partial charge in [0, 0.05) is 18.1 Å². The molecule has 0 aliphatic carbocycles. The Bertz CT molecular complexity index is 411. The summed E-state index contributed by atoms with van der Waals surface area (Å²) in [5, 5.41) is 12.7. The van der Waals surface area contributed by atoms with E-state index in [2.05, 4.69) is 15.3 Å². The van der Waals surface area contributed by atoms with Crippen LogP contribution in [0, 0.1) is 6.92 Å². The van der Waals surface area contributed by atoms with Gasteiger partial charge >= 0.3 is 5.97 Å². The van der Waals surface area contributed by atoms with Crippen LogP contribution in [0.5, 0.6) is 0 Å². The number of unbranched alkanes of at least 4 members (excludes halogenated alkanes) is 1. The van der Waals surface area contributed by atoms with Gasteiger partial charge in [-0.15, -0.1) is 0 Å². The number of thioether (sulfide) groups is 1. The minimum atomic E-state index is -0.828. The van der Waals surface area contributed by atoms with Crippen LogP contribution in [0.1, 0.15) is 31.7 Å². The molecule has 106 valence electrons. The summed E-state index contributed by atoms with van der Waals surface area (Å²) in [6, 6.07) is 0. The first kappa shape index (κ1) is 15.9. The molecule has 0 bridgehead atoms. The van der Waals surface area contributed by atoms with E-state index in [9.17, 15) is 4.79 Å². The summed E-state index contributed by atoms with van der Waals surface area (Å²) in [6.45, 7) is 3.67. The number of likely N-dealkylation sites (N-methyl/N-ethyl adjacent to an activating group) is 1. The standard InChI is InChI=1S/C13H21N3O2S/c1-10-8-15-12(16-9-10)19-7-5-4-6-13(2,14-3)11(17)18/h8-9,14H,4-7H2,1-3H3,(H,17,18). The van der Waals surface area contributed by atoms with Crippen molar-refractivity contribution in [2.24, 2.45) is 0 Å². The van der Waals surface area contributed by atoms with Gasteiger partial charge in [-0.25, -0.2) is 9.97 Å². The molecule has 0 saturated heterocycles. The molecule has 19 heavy (non-hydrogen) atoms. The smallest absolute Gasteiger partial charge is 0.323 e. The van der Waals surface area contributed by atoms with Crippen molar-refractivity contribution in [1.29, 1.82) is 0 Å². The highest BCUT2D eigenvalue weighted by atomic mass is 32.2. The van der Waals surface area contributed by atoms with Crippen LogP contribution in [0.3, 0.4) is 0 Å². The van der Waals surface area contributed by atoms with Gasteiger partial charge in [-0.3, -0.25) is 4.79 Å². The number of hydrogen-bond acceptors (Lipinski definition) is 5. The lowest BCUT2D eigenvalue weighted by Gasteiger charge is -2.23. The Kier molecular flexibility index (Phi) is 6.24. The average molecular weight is 283 g/mol. The third-order valence-electron chi connectivity index (χ3n) is 3.08. The fraction of sp³-hybridized carbons (Fsp3) is 0.615. The van der Waals surface area contributed by atoms with E-state index < -0.39 is 11.5 Å². The highest BCUT2D eigenvalue weighted by Gasteiger charge is 2.29. The summed E-state index contributed by atoms with van der Waals surface area (Å²) in [5.74, 6) is 0.104. The molecule has 1 aromatic rings. The first-order valence-corrected chi connectivity index (χ1v) is 7.30. The monoisotopic (exact) mass is 283 g/mol. The maximum absolute atomic E-state index is 11.1.